The summed E-state index contributed by atoms with van der Waals surface area (Å²) in [5.74, 6) is 0.933. The van der Waals surface area contributed by atoms with Crippen molar-refractivity contribution in [1.29, 1.82) is 0 Å². The Labute approximate surface area is 190 Å². The summed E-state index contributed by atoms with van der Waals surface area (Å²) in [5.41, 5.74) is 0. The number of hydrogen-bond donors (Lipinski definition) is 2. The molecule has 0 aliphatic carbocycles. The summed E-state index contributed by atoms with van der Waals surface area (Å²) in [6.45, 7) is 15.9. The van der Waals surface area contributed by atoms with Gasteiger partial charge in [0.2, 0.25) is 0 Å². The van der Waals surface area contributed by atoms with Gasteiger partial charge >= 0.3 is 0 Å². The lowest BCUT2D eigenvalue weighted by molar-refractivity contribution is -0.109. The Kier molecular flexibility index (Phi) is 20.2. The Balaban J connectivity index is 4.56. The normalized spacial score (nSPS) is 17.8. The standard InChI is InChI=1S/C24H50O7/c1-7-19(5)11-30-23(15-27-13-21(25)9-3)17-29-18-24(31-12-20(6)8-2)16-28-14-22(26)10-4/h19-26H,7-18H2,1-6H3. The van der Waals surface area contributed by atoms with Crippen LogP contribution in [0.4, 0.5) is 0 Å². The van der Waals surface area contributed by atoms with Crippen molar-refractivity contribution < 1.29 is 33.9 Å². The summed E-state index contributed by atoms with van der Waals surface area (Å²) in [5, 5.41) is 19.4. The monoisotopic (exact) mass is 450 g/mol. The van der Waals surface area contributed by atoms with Gasteiger partial charge in [0.15, 0.2) is 0 Å². The lowest BCUT2D eigenvalue weighted by Gasteiger charge is -2.24. The van der Waals surface area contributed by atoms with Gasteiger partial charge in [-0.05, 0) is 24.7 Å². The summed E-state index contributed by atoms with van der Waals surface area (Å²) in [7, 11) is 0. The van der Waals surface area contributed by atoms with Crippen LogP contribution in [0.3, 0.4) is 0 Å². The van der Waals surface area contributed by atoms with E-state index in [4.69, 9.17) is 23.7 Å². The Morgan fingerprint density at radius 3 is 1.10 bits per heavy atom. The van der Waals surface area contributed by atoms with E-state index in [1.54, 1.807) is 0 Å². The van der Waals surface area contributed by atoms with Crippen LogP contribution in [0.15, 0.2) is 0 Å². The van der Waals surface area contributed by atoms with Crippen molar-refractivity contribution in [2.75, 3.05) is 52.9 Å². The second-order valence-corrected chi connectivity index (χ2v) is 8.67. The molecule has 0 fully saturated rings. The first-order valence-corrected chi connectivity index (χ1v) is 12.2. The first kappa shape index (κ1) is 30.7. The third-order valence-electron chi connectivity index (χ3n) is 5.40. The van der Waals surface area contributed by atoms with Crippen LogP contribution in [0.5, 0.6) is 0 Å². The van der Waals surface area contributed by atoms with Crippen molar-refractivity contribution >= 4 is 0 Å². The van der Waals surface area contributed by atoms with Gasteiger partial charge in [0.1, 0.15) is 12.2 Å². The zero-order valence-corrected chi connectivity index (χ0v) is 20.9. The van der Waals surface area contributed by atoms with Crippen molar-refractivity contribution in [1.82, 2.24) is 0 Å². The molecule has 2 N–H and O–H groups in total. The van der Waals surface area contributed by atoms with Crippen molar-refractivity contribution in [2.45, 2.75) is 91.6 Å². The molecule has 0 saturated heterocycles. The summed E-state index contributed by atoms with van der Waals surface area (Å²) in [4.78, 5) is 0. The molecule has 0 saturated carbocycles. The van der Waals surface area contributed by atoms with Crippen molar-refractivity contribution in [3.8, 4) is 0 Å². The summed E-state index contributed by atoms with van der Waals surface area (Å²) in [6.07, 6.45) is 2.13. The molecule has 0 amide bonds. The number of aliphatic hydroxyl groups is 2. The van der Waals surface area contributed by atoms with Crippen LogP contribution >= 0.6 is 0 Å². The van der Waals surface area contributed by atoms with E-state index in [9.17, 15) is 10.2 Å². The molecule has 7 nitrogen and oxygen atoms in total. The molecule has 6 unspecified atom stereocenters. The summed E-state index contributed by atoms with van der Waals surface area (Å²) in [6, 6.07) is 0. The average Bonchev–Trinajstić information content (AvgIpc) is 2.78. The van der Waals surface area contributed by atoms with Gasteiger partial charge in [0.25, 0.3) is 0 Å². The van der Waals surface area contributed by atoms with Crippen LogP contribution in [0.1, 0.15) is 67.2 Å². The summed E-state index contributed by atoms with van der Waals surface area (Å²) < 4.78 is 29.2. The molecule has 0 aromatic heterocycles. The first-order valence-electron chi connectivity index (χ1n) is 12.2. The van der Waals surface area contributed by atoms with Gasteiger partial charge in [-0.15, -0.1) is 0 Å². The Hall–Kier alpha value is -0.280. The first-order chi connectivity index (χ1) is 14.9. The zero-order chi connectivity index (χ0) is 23.5. The molecular weight excluding hydrogens is 400 g/mol. The average molecular weight is 451 g/mol. The third-order valence-corrected chi connectivity index (χ3v) is 5.40. The molecular formula is C24H50O7. The van der Waals surface area contributed by atoms with E-state index >= 15 is 0 Å². The lowest BCUT2D eigenvalue weighted by Crippen LogP contribution is -2.33. The van der Waals surface area contributed by atoms with Gasteiger partial charge < -0.3 is 33.9 Å². The lowest BCUT2D eigenvalue weighted by atomic mass is 10.1. The predicted molar refractivity (Wildman–Crippen MR) is 123 cm³/mol. The van der Waals surface area contributed by atoms with Crippen molar-refractivity contribution in [2.24, 2.45) is 11.8 Å². The van der Waals surface area contributed by atoms with Gasteiger partial charge in [-0.3, -0.25) is 0 Å². The maximum absolute atomic E-state index is 9.69. The molecule has 0 aromatic carbocycles. The number of ether oxygens (including phenoxy) is 5. The maximum atomic E-state index is 9.69. The number of hydrogen-bond acceptors (Lipinski definition) is 7. The van der Waals surface area contributed by atoms with Crippen molar-refractivity contribution in [3.63, 3.8) is 0 Å². The van der Waals surface area contributed by atoms with Crippen LogP contribution in [-0.4, -0.2) is 87.5 Å². The summed E-state index contributed by atoms with van der Waals surface area (Å²) >= 11 is 0. The SMILES string of the molecule is CCC(C)COC(COCC(O)CC)COCC(COCC(O)CC)OCC(C)CC. The van der Waals surface area contributed by atoms with E-state index in [2.05, 4.69) is 27.7 Å². The topological polar surface area (TPSA) is 86.6 Å². The molecule has 0 aromatic rings. The highest BCUT2D eigenvalue weighted by atomic mass is 16.6. The highest BCUT2D eigenvalue weighted by Crippen LogP contribution is 2.08. The molecule has 6 atom stereocenters. The number of rotatable bonds is 22. The van der Waals surface area contributed by atoms with Gasteiger partial charge in [-0.25, -0.2) is 0 Å². The zero-order valence-electron chi connectivity index (χ0n) is 20.9. The molecule has 0 radical (unpaired) electrons. The van der Waals surface area contributed by atoms with Gasteiger partial charge in [0, 0.05) is 13.2 Å². The molecule has 0 heterocycles. The Bertz CT molecular complexity index is 349. The van der Waals surface area contributed by atoms with E-state index < -0.39 is 12.2 Å². The minimum atomic E-state index is -0.454. The van der Waals surface area contributed by atoms with E-state index in [1.165, 1.54) is 0 Å². The van der Waals surface area contributed by atoms with Crippen LogP contribution < -0.4 is 0 Å². The third kappa shape index (κ3) is 17.9. The fourth-order valence-electron chi connectivity index (χ4n) is 2.36. The minimum absolute atomic E-state index is 0.198. The molecule has 0 bridgehead atoms. The molecule has 0 aliphatic rings. The molecule has 188 valence electrons. The molecule has 0 aliphatic heterocycles. The van der Waals surface area contributed by atoms with Crippen LogP contribution in [0.25, 0.3) is 0 Å². The Morgan fingerprint density at radius 2 is 0.806 bits per heavy atom. The Morgan fingerprint density at radius 1 is 0.484 bits per heavy atom. The maximum Gasteiger partial charge on any atom is 0.104 e. The second kappa shape index (κ2) is 20.3. The fraction of sp³-hybridized carbons (Fsp3) is 1.00. The van der Waals surface area contributed by atoms with E-state index in [1.807, 2.05) is 13.8 Å². The highest BCUT2D eigenvalue weighted by Gasteiger charge is 2.17. The quantitative estimate of drug-likeness (QED) is 0.261. The molecule has 0 spiro atoms. The fourth-order valence-corrected chi connectivity index (χ4v) is 2.36. The van der Waals surface area contributed by atoms with Crippen LogP contribution in [-0.2, 0) is 23.7 Å². The van der Waals surface area contributed by atoms with Crippen LogP contribution in [0, 0.1) is 11.8 Å². The van der Waals surface area contributed by atoms with Crippen molar-refractivity contribution in [3.05, 3.63) is 0 Å². The van der Waals surface area contributed by atoms with Gasteiger partial charge in [-0.2, -0.15) is 0 Å². The minimum Gasteiger partial charge on any atom is -0.391 e. The van der Waals surface area contributed by atoms with E-state index in [0.29, 0.717) is 77.5 Å². The smallest absolute Gasteiger partial charge is 0.104 e. The molecule has 31 heavy (non-hydrogen) atoms. The highest BCUT2D eigenvalue weighted by molar-refractivity contribution is 4.63. The predicted octanol–water partition coefficient (Wildman–Crippen LogP) is 3.44. The molecule has 7 heteroatoms. The van der Waals surface area contributed by atoms with Gasteiger partial charge in [0.05, 0.1) is 51.8 Å². The van der Waals surface area contributed by atoms with E-state index in [-0.39, 0.29) is 12.2 Å². The second-order valence-electron chi connectivity index (χ2n) is 8.67. The molecule has 0 rings (SSSR count). The van der Waals surface area contributed by atoms with E-state index in [0.717, 1.165) is 12.8 Å². The number of aliphatic hydroxyl groups excluding tert-OH is 2. The largest absolute Gasteiger partial charge is 0.391 e. The van der Waals surface area contributed by atoms with Gasteiger partial charge in [-0.1, -0.05) is 54.4 Å². The van der Waals surface area contributed by atoms with Crippen LogP contribution in [0.2, 0.25) is 0 Å².